The number of nitrogens with one attached hydrogen (secondary N) is 2. The van der Waals surface area contributed by atoms with E-state index in [-0.39, 0.29) is 6.03 Å². The third-order valence-corrected chi connectivity index (χ3v) is 4.00. The van der Waals surface area contributed by atoms with Gasteiger partial charge in [-0.15, -0.1) is 0 Å². The highest BCUT2D eigenvalue weighted by Gasteiger charge is 2.13. The van der Waals surface area contributed by atoms with E-state index in [1.54, 1.807) is 33.5 Å². The molecule has 0 aliphatic heterocycles. The molecule has 2 rings (SSSR count). The Morgan fingerprint density at radius 3 is 2.08 bits per heavy atom. The Morgan fingerprint density at radius 1 is 1.00 bits per heavy atom. The van der Waals surface area contributed by atoms with Crippen LogP contribution in [0.5, 0.6) is 17.2 Å². The van der Waals surface area contributed by atoms with Gasteiger partial charge in [0, 0.05) is 15.8 Å². The van der Waals surface area contributed by atoms with Gasteiger partial charge in [0.05, 0.1) is 21.3 Å². The van der Waals surface area contributed by atoms with Crippen LogP contribution in [0.1, 0.15) is 5.56 Å². The highest BCUT2D eigenvalue weighted by Crippen LogP contribution is 2.38. The van der Waals surface area contributed by atoms with Crippen molar-refractivity contribution in [2.24, 2.45) is 0 Å². The second-order valence-corrected chi connectivity index (χ2v) is 6.09. The quantitative estimate of drug-likeness (QED) is 0.671. The van der Waals surface area contributed by atoms with E-state index >= 15 is 0 Å². The zero-order valence-electron chi connectivity index (χ0n) is 13.7. The van der Waals surface area contributed by atoms with E-state index in [0.717, 1.165) is 14.8 Å². The van der Waals surface area contributed by atoms with Gasteiger partial charge in [0.2, 0.25) is 5.75 Å². The lowest BCUT2D eigenvalue weighted by molar-refractivity contribution is 0.251. The zero-order chi connectivity index (χ0) is 17.5. The number of rotatable bonds is 6. The summed E-state index contributed by atoms with van der Waals surface area (Å²) >= 11 is 2.21. The maximum absolute atomic E-state index is 12.0. The monoisotopic (exact) mass is 442 g/mol. The lowest BCUT2D eigenvalue weighted by Crippen LogP contribution is -2.28. The molecule has 128 valence electrons. The number of amides is 2. The normalized spacial score (nSPS) is 10.0. The van der Waals surface area contributed by atoms with Crippen LogP contribution in [0.3, 0.4) is 0 Å². The minimum absolute atomic E-state index is 0.287. The van der Waals surface area contributed by atoms with E-state index < -0.39 is 0 Å². The first-order chi connectivity index (χ1) is 11.6. The van der Waals surface area contributed by atoms with Gasteiger partial charge in [-0.1, -0.05) is 0 Å². The molecule has 0 spiro atoms. The molecule has 7 heteroatoms. The van der Waals surface area contributed by atoms with Gasteiger partial charge in [0.15, 0.2) is 11.5 Å². The number of anilines is 1. The van der Waals surface area contributed by atoms with Crippen molar-refractivity contribution in [3.05, 3.63) is 45.5 Å². The molecule has 0 radical (unpaired) electrons. The Labute approximate surface area is 154 Å². The van der Waals surface area contributed by atoms with Crippen molar-refractivity contribution in [2.45, 2.75) is 6.54 Å². The number of methoxy groups -OCH3 is 3. The van der Waals surface area contributed by atoms with Crippen LogP contribution < -0.4 is 24.8 Å². The van der Waals surface area contributed by atoms with E-state index in [4.69, 9.17) is 14.2 Å². The van der Waals surface area contributed by atoms with Crippen LogP contribution in [0.2, 0.25) is 0 Å². The number of benzene rings is 2. The van der Waals surface area contributed by atoms with Crippen LogP contribution in [-0.4, -0.2) is 27.4 Å². The van der Waals surface area contributed by atoms with Crippen molar-refractivity contribution in [1.82, 2.24) is 5.32 Å². The minimum Gasteiger partial charge on any atom is -0.493 e. The van der Waals surface area contributed by atoms with E-state index in [2.05, 4.69) is 33.2 Å². The first-order valence-corrected chi connectivity index (χ1v) is 8.24. The van der Waals surface area contributed by atoms with E-state index in [0.29, 0.717) is 23.8 Å². The number of halogens is 1. The number of carbonyl (C=O) groups is 1. The summed E-state index contributed by atoms with van der Waals surface area (Å²) in [7, 11) is 4.66. The Bertz CT molecular complexity index is 679. The molecule has 2 aromatic rings. The van der Waals surface area contributed by atoms with Crippen LogP contribution in [0.4, 0.5) is 10.5 Å². The maximum Gasteiger partial charge on any atom is 0.319 e. The smallest absolute Gasteiger partial charge is 0.319 e. The van der Waals surface area contributed by atoms with Gasteiger partial charge >= 0.3 is 6.03 Å². The summed E-state index contributed by atoms with van der Waals surface area (Å²) in [4.78, 5) is 12.0. The molecule has 0 atom stereocenters. The second kappa shape index (κ2) is 8.62. The summed E-state index contributed by atoms with van der Waals surface area (Å²) in [6, 6.07) is 10.9. The SMILES string of the molecule is COc1cc(CNC(=O)Nc2ccc(I)cc2)cc(OC)c1OC. The molecule has 0 fully saturated rings. The maximum atomic E-state index is 12.0. The number of hydrogen-bond acceptors (Lipinski definition) is 4. The summed E-state index contributed by atoms with van der Waals surface area (Å²) in [6.45, 7) is 0.326. The van der Waals surface area contributed by atoms with Crippen LogP contribution in [0, 0.1) is 3.57 Å². The molecule has 0 heterocycles. The molecule has 2 N–H and O–H groups in total. The topological polar surface area (TPSA) is 68.8 Å². The molecular formula is C17H19IN2O4. The van der Waals surface area contributed by atoms with Gasteiger partial charge in [0.25, 0.3) is 0 Å². The Morgan fingerprint density at radius 2 is 1.58 bits per heavy atom. The third-order valence-electron chi connectivity index (χ3n) is 3.28. The molecule has 0 bridgehead atoms. The van der Waals surface area contributed by atoms with Crippen molar-refractivity contribution in [1.29, 1.82) is 0 Å². The van der Waals surface area contributed by atoms with E-state index in [9.17, 15) is 4.79 Å². The molecule has 0 saturated heterocycles. The summed E-state index contributed by atoms with van der Waals surface area (Å²) in [5.74, 6) is 1.62. The molecule has 0 aromatic heterocycles. The number of hydrogen-bond donors (Lipinski definition) is 2. The molecule has 0 saturated carbocycles. The van der Waals surface area contributed by atoms with Crippen molar-refractivity contribution in [3.8, 4) is 17.2 Å². The summed E-state index contributed by atoms with van der Waals surface area (Å²) in [6.07, 6.45) is 0. The fourth-order valence-corrected chi connectivity index (χ4v) is 2.49. The lowest BCUT2D eigenvalue weighted by Gasteiger charge is -2.14. The molecular weight excluding hydrogens is 423 g/mol. The number of ether oxygens (including phenoxy) is 3. The molecule has 0 aliphatic rings. The largest absolute Gasteiger partial charge is 0.493 e. The van der Waals surface area contributed by atoms with Gasteiger partial charge in [-0.05, 0) is 64.6 Å². The highest BCUT2D eigenvalue weighted by atomic mass is 127. The highest BCUT2D eigenvalue weighted by molar-refractivity contribution is 14.1. The fraction of sp³-hybridized carbons (Fsp3) is 0.235. The first kappa shape index (κ1) is 18.2. The average Bonchev–Trinajstić information content (AvgIpc) is 2.60. The molecule has 2 amide bonds. The predicted molar refractivity (Wildman–Crippen MR) is 101 cm³/mol. The molecule has 2 aromatic carbocycles. The van der Waals surface area contributed by atoms with Crippen molar-refractivity contribution < 1.29 is 19.0 Å². The third kappa shape index (κ3) is 4.67. The van der Waals surface area contributed by atoms with Gasteiger partial charge in [-0.25, -0.2) is 4.79 Å². The Kier molecular flexibility index (Phi) is 6.53. The fourth-order valence-electron chi connectivity index (χ4n) is 2.13. The van der Waals surface area contributed by atoms with Gasteiger partial charge < -0.3 is 24.8 Å². The molecule has 6 nitrogen and oxygen atoms in total. The lowest BCUT2D eigenvalue weighted by atomic mass is 10.2. The van der Waals surface area contributed by atoms with Gasteiger partial charge in [-0.3, -0.25) is 0 Å². The summed E-state index contributed by atoms with van der Waals surface area (Å²) in [5.41, 5.74) is 1.57. The van der Waals surface area contributed by atoms with Crippen molar-refractivity contribution in [3.63, 3.8) is 0 Å². The number of carbonyl (C=O) groups excluding carboxylic acids is 1. The molecule has 0 unspecified atom stereocenters. The zero-order valence-corrected chi connectivity index (χ0v) is 15.8. The average molecular weight is 442 g/mol. The Balaban J connectivity index is 2.03. The first-order valence-electron chi connectivity index (χ1n) is 7.16. The summed E-state index contributed by atoms with van der Waals surface area (Å²) in [5, 5.41) is 5.58. The van der Waals surface area contributed by atoms with Gasteiger partial charge in [-0.2, -0.15) is 0 Å². The second-order valence-electron chi connectivity index (χ2n) is 4.85. The standard InChI is InChI=1S/C17H19IN2O4/c1-22-14-8-11(9-15(23-2)16(14)24-3)10-19-17(21)20-13-6-4-12(18)5-7-13/h4-9H,10H2,1-3H3,(H2,19,20,21). The predicted octanol–water partition coefficient (Wildman–Crippen LogP) is 3.64. The van der Waals surface area contributed by atoms with Gasteiger partial charge in [0.1, 0.15) is 0 Å². The van der Waals surface area contributed by atoms with Crippen molar-refractivity contribution >= 4 is 34.3 Å². The molecule has 0 aliphatic carbocycles. The van der Waals surface area contributed by atoms with Crippen LogP contribution in [-0.2, 0) is 6.54 Å². The summed E-state index contributed by atoms with van der Waals surface area (Å²) < 4.78 is 17.0. The minimum atomic E-state index is -0.287. The number of urea groups is 1. The Hall–Kier alpha value is -2.16. The van der Waals surface area contributed by atoms with E-state index in [1.165, 1.54) is 0 Å². The van der Waals surface area contributed by atoms with Crippen LogP contribution in [0.25, 0.3) is 0 Å². The van der Waals surface area contributed by atoms with Crippen LogP contribution in [0.15, 0.2) is 36.4 Å². The van der Waals surface area contributed by atoms with Crippen LogP contribution >= 0.6 is 22.6 Å². The molecule has 24 heavy (non-hydrogen) atoms. The van der Waals surface area contributed by atoms with E-state index in [1.807, 2.05) is 24.3 Å². The van der Waals surface area contributed by atoms with Crippen molar-refractivity contribution in [2.75, 3.05) is 26.6 Å².